The number of aliphatic imine (C=N–C) groups is 2. The van der Waals surface area contributed by atoms with Gasteiger partial charge in [-0.2, -0.15) is 4.99 Å². The fourth-order valence-corrected chi connectivity index (χ4v) is 4.68. The number of fused-ring (bicyclic) bond motifs is 1. The molecule has 1 saturated heterocycles. The summed E-state index contributed by atoms with van der Waals surface area (Å²) in [6.45, 7) is 11.1. The zero-order chi connectivity index (χ0) is 18.4. The molecule has 2 amide bonds. The third-order valence-corrected chi connectivity index (χ3v) is 5.87. The van der Waals surface area contributed by atoms with Gasteiger partial charge in [0.2, 0.25) is 5.91 Å². The molecule has 1 fully saturated rings. The Kier molecular flexibility index (Phi) is 4.90. The van der Waals surface area contributed by atoms with Crippen LogP contribution in [0.5, 0.6) is 0 Å². The molecule has 136 valence electrons. The lowest BCUT2D eigenvalue weighted by atomic mass is 10.00. The Hall–Kier alpha value is -1.47. The van der Waals surface area contributed by atoms with Crippen molar-refractivity contribution in [3.8, 4) is 0 Å². The van der Waals surface area contributed by atoms with Gasteiger partial charge in [-0.25, -0.2) is 4.99 Å². The lowest BCUT2D eigenvalue weighted by Gasteiger charge is -2.41. The number of rotatable bonds is 3. The zero-order valence-electron chi connectivity index (χ0n) is 15.5. The molecule has 2 atom stereocenters. The van der Waals surface area contributed by atoms with Gasteiger partial charge in [-0.1, -0.05) is 11.8 Å². The molecule has 3 heterocycles. The fraction of sp³-hybridized carbons (Fsp3) is 0.667. The van der Waals surface area contributed by atoms with E-state index in [4.69, 9.17) is 4.74 Å². The van der Waals surface area contributed by atoms with E-state index in [0.717, 1.165) is 15.5 Å². The summed E-state index contributed by atoms with van der Waals surface area (Å²) < 4.78 is 5.84. The van der Waals surface area contributed by atoms with E-state index in [-0.39, 0.29) is 29.4 Å². The maximum atomic E-state index is 12.6. The standard InChI is InChI=1S/C18H25N3O3S/c1-10-8-21(9-18(4,5)24-10)14(22)7-6-13-19-16(23)15-11(2)12(3)25-17(15)20-13/h10,15H,6-9H2,1-5H3. The van der Waals surface area contributed by atoms with Gasteiger partial charge >= 0.3 is 0 Å². The second-order valence-electron chi connectivity index (χ2n) is 7.55. The zero-order valence-corrected chi connectivity index (χ0v) is 16.3. The number of carbonyl (C=O) groups is 2. The SMILES string of the molecule is CC1=C(C)C2C(=O)N=C(CCC(=O)N3CC(C)OC(C)(C)C3)N=C2S1. The number of carbonyl (C=O) groups excluding carboxylic acids is 2. The van der Waals surface area contributed by atoms with Gasteiger partial charge in [-0.3, -0.25) is 9.59 Å². The lowest BCUT2D eigenvalue weighted by molar-refractivity contribution is -0.158. The maximum Gasteiger partial charge on any atom is 0.261 e. The number of nitrogens with zero attached hydrogens (tertiary/aromatic N) is 3. The number of thioether (sulfide) groups is 1. The highest BCUT2D eigenvalue weighted by Crippen LogP contribution is 2.40. The van der Waals surface area contributed by atoms with Gasteiger partial charge < -0.3 is 9.64 Å². The number of allylic oxidation sites excluding steroid dienone is 1. The predicted molar refractivity (Wildman–Crippen MR) is 99.8 cm³/mol. The largest absolute Gasteiger partial charge is 0.369 e. The number of morpholine rings is 1. The van der Waals surface area contributed by atoms with E-state index in [0.29, 0.717) is 31.8 Å². The summed E-state index contributed by atoms with van der Waals surface area (Å²) in [4.78, 5) is 36.5. The van der Waals surface area contributed by atoms with E-state index in [2.05, 4.69) is 9.98 Å². The van der Waals surface area contributed by atoms with Crippen LogP contribution in [0.1, 0.15) is 47.5 Å². The molecule has 0 bridgehead atoms. The summed E-state index contributed by atoms with van der Waals surface area (Å²) in [5.41, 5.74) is 0.706. The molecule has 0 aromatic rings. The maximum absolute atomic E-state index is 12.6. The van der Waals surface area contributed by atoms with E-state index >= 15 is 0 Å². The topological polar surface area (TPSA) is 71.3 Å². The second kappa shape index (κ2) is 6.68. The van der Waals surface area contributed by atoms with Crippen LogP contribution in [0.4, 0.5) is 0 Å². The third-order valence-electron chi connectivity index (χ3n) is 4.70. The van der Waals surface area contributed by atoms with Gasteiger partial charge in [0.05, 0.1) is 16.7 Å². The van der Waals surface area contributed by atoms with Crippen LogP contribution in [-0.2, 0) is 14.3 Å². The fourth-order valence-electron chi connectivity index (χ4n) is 3.54. The van der Waals surface area contributed by atoms with Crippen molar-refractivity contribution in [3.63, 3.8) is 0 Å². The lowest BCUT2D eigenvalue weighted by Crippen LogP contribution is -2.53. The van der Waals surface area contributed by atoms with Crippen molar-refractivity contribution in [2.45, 2.75) is 59.2 Å². The minimum absolute atomic E-state index is 0.0224. The van der Waals surface area contributed by atoms with Gasteiger partial charge in [0.25, 0.3) is 5.91 Å². The van der Waals surface area contributed by atoms with Crippen LogP contribution in [0.25, 0.3) is 0 Å². The van der Waals surface area contributed by atoms with Gasteiger partial charge in [0.1, 0.15) is 11.8 Å². The number of amides is 2. The molecule has 3 aliphatic rings. The monoisotopic (exact) mass is 363 g/mol. The summed E-state index contributed by atoms with van der Waals surface area (Å²) in [6, 6.07) is 0. The van der Waals surface area contributed by atoms with Gasteiger partial charge in [0, 0.05) is 25.9 Å². The summed E-state index contributed by atoms with van der Waals surface area (Å²) in [5.74, 6) is 0.0752. The van der Waals surface area contributed by atoms with E-state index in [1.807, 2.05) is 39.5 Å². The van der Waals surface area contributed by atoms with Crippen molar-refractivity contribution in [1.82, 2.24) is 4.90 Å². The van der Waals surface area contributed by atoms with Crippen LogP contribution in [-0.4, -0.2) is 52.4 Å². The first kappa shape index (κ1) is 18.3. The Morgan fingerprint density at radius 1 is 1.36 bits per heavy atom. The van der Waals surface area contributed by atoms with Gasteiger partial charge in [0.15, 0.2) is 0 Å². The van der Waals surface area contributed by atoms with Crippen LogP contribution < -0.4 is 0 Å². The number of amidine groups is 1. The Morgan fingerprint density at radius 2 is 2.08 bits per heavy atom. The highest BCUT2D eigenvalue weighted by Gasteiger charge is 2.37. The molecule has 0 aliphatic carbocycles. The van der Waals surface area contributed by atoms with E-state index < -0.39 is 0 Å². The van der Waals surface area contributed by atoms with Crippen LogP contribution >= 0.6 is 11.8 Å². The molecule has 25 heavy (non-hydrogen) atoms. The average molecular weight is 363 g/mol. The Bertz CT molecular complexity index is 708. The van der Waals surface area contributed by atoms with Crippen molar-refractivity contribution in [2.24, 2.45) is 15.9 Å². The van der Waals surface area contributed by atoms with Gasteiger partial charge in [-0.15, -0.1) is 0 Å². The molecule has 0 radical (unpaired) electrons. The highest BCUT2D eigenvalue weighted by molar-refractivity contribution is 8.17. The molecule has 6 nitrogen and oxygen atoms in total. The van der Waals surface area contributed by atoms with Crippen molar-refractivity contribution < 1.29 is 14.3 Å². The van der Waals surface area contributed by atoms with Crippen molar-refractivity contribution >= 4 is 34.5 Å². The molecule has 7 heteroatoms. The van der Waals surface area contributed by atoms with Crippen molar-refractivity contribution in [3.05, 3.63) is 10.5 Å². The van der Waals surface area contributed by atoms with E-state index in [1.165, 1.54) is 0 Å². The summed E-state index contributed by atoms with van der Waals surface area (Å²) >= 11 is 1.54. The minimum Gasteiger partial charge on any atom is -0.369 e. The Balaban J connectivity index is 1.61. The number of ether oxygens (including phenoxy) is 1. The minimum atomic E-state index is -0.333. The van der Waals surface area contributed by atoms with E-state index in [9.17, 15) is 9.59 Å². The number of hydrogen-bond donors (Lipinski definition) is 0. The summed E-state index contributed by atoms with van der Waals surface area (Å²) in [6.07, 6.45) is 0.729. The van der Waals surface area contributed by atoms with Crippen LogP contribution in [0, 0.1) is 5.92 Å². The quantitative estimate of drug-likeness (QED) is 0.773. The summed E-state index contributed by atoms with van der Waals surface area (Å²) in [5, 5.41) is 0.804. The average Bonchev–Trinajstić information content (AvgIpc) is 2.78. The van der Waals surface area contributed by atoms with Gasteiger partial charge in [-0.05, 0) is 45.1 Å². The summed E-state index contributed by atoms with van der Waals surface area (Å²) in [7, 11) is 0. The molecular weight excluding hydrogens is 338 g/mol. The second-order valence-corrected chi connectivity index (χ2v) is 8.79. The first-order valence-electron chi connectivity index (χ1n) is 8.67. The smallest absolute Gasteiger partial charge is 0.261 e. The molecule has 0 aromatic carbocycles. The van der Waals surface area contributed by atoms with Crippen LogP contribution in [0.15, 0.2) is 20.5 Å². The predicted octanol–water partition coefficient (Wildman–Crippen LogP) is 2.79. The van der Waals surface area contributed by atoms with Crippen LogP contribution in [0.2, 0.25) is 0 Å². The van der Waals surface area contributed by atoms with Crippen LogP contribution in [0.3, 0.4) is 0 Å². The van der Waals surface area contributed by atoms with E-state index in [1.54, 1.807) is 11.8 Å². The Labute approximate surface area is 152 Å². The molecule has 0 N–H and O–H groups in total. The number of hydrogen-bond acceptors (Lipinski definition) is 5. The molecule has 2 unspecified atom stereocenters. The third kappa shape index (κ3) is 3.87. The molecule has 0 saturated carbocycles. The molecule has 0 spiro atoms. The first-order valence-corrected chi connectivity index (χ1v) is 9.49. The van der Waals surface area contributed by atoms with Crippen molar-refractivity contribution in [1.29, 1.82) is 0 Å². The Morgan fingerprint density at radius 3 is 2.76 bits per heavy atom. The molecule has 3 aliphatic heterocycles. The highest BCUT2D eigenvalue weighted by atomic mass is 32.2. The van der Waals surface area contributed by atoms with Crippen molar-refractivity contribution in [2.75, 3.05) is 13.1 Å². The normalized spacial score (nSPS) is 28.7. The molecular formula is C18H25N3O3S. The first-order chi connectivity index (χ1) is 11.7. The molecule has 3 rings (SSSR count). The molecule has 0 aromatic heterocycles.